The highest BCUT2D eigenvalue weighted by atomic mass is 16.6. The van der Waals surface area contributed by atoms with Gasteiger partial charge < -0.3 is 21.5 Å². The number of rotatable bonds is 5. The van der Waals surface area contributed by atoms with Crippen molar-refractivity contribution in [3.05, 3.63) is 0 Å². The Bertz CT molecular complexity index is 424. The third kappa shape index (κ3) is 4.01. The average Bonchev–Trinajstić information content (AvgIpc) is 2.80. The van der Waals surface area contributed by atoms with Crippen LogP contribution in [0, 0.1) is 5.92 Å². The van der Waals surface area contributed by atoms with Crippen LogP contribution in [0.3, 0.4) is 0 Å². The molecule has 0 aromatic heterocycles. The number of hydrogen-bond donors (Lipinski definition) is 3. The number of esters is 2. The zero-order chi connectivity index (χ0) is 16.2. The average molecular weight is 299 g/mol. The smallest absolute Gasteiger partial charge is 0.336 e. The monoisotopic (exact) mass is 299 g/mol. The maximum atomic E-state index is 12.2. The lowest BCUT2D eigenvalue weighted by molar-refractivity contribution is -0.166. The molecule has 5 N–H and O–H groups in total. The normalized spacial score (nSPS) is 27.8. The predicted octanol–water partition coefficient (Wildman–Crippen LogP) is -0.184. The van der Waals surface area contributed by atoms with E-state index in [4.69, 9.17) is 16.2 Å². The van der Waals surface area contributed by atoms with Crippen LogP contribution in [0.15, 0.2) is 0 Å². The van der Waals surface area contributed by atoms with Crippen molar-refractivity contribution in [1.82, 2.24) is 5.32 Å². The van der Waals surface area contributed by atoms with Gasteiger partial charge in [0.1, 0.15) is 11.6 Å². The fraction of sp³-hybridized carbons (Fsp3) is 0.786. The first kappa shape index (κ1) is 17.6. The number of hydrogen-bond acceptors (Lipinski definition) is 6. The van der Waals surface area contributed by atoms with Crippen molar-refractivity contribution in [2.75, 3.05) is 0 Å². The highest BCUT2D eigenvalue weighted by molar-refractivity contribution is 5.95. The molecule has 0 aromatic rings. The fourth-order valence-electron chi connectivity index (χ4n) is 2.62. The Morgan fingerprint density at radius 2 is 2.00 bits per heavy atom. The maximum absolute atomic E-state index is 12.2. The predicted molar refractivity (Wildman–Crippen MR) is 76.9 cm³/mol. The fourth-order valence-corrected chi connectivity index (χ4v) is 2.62. The number of carbonyl (C=O) groups is 3. The minimum atomic E-state index is -1.10. The van der Waals surface area contributed by atoms with E-state index in [0.717, 1.165) is 19.3 Å². The topological polar surface area (TPSA) is 125 Å². The molecule has 0 heterocycles. The summed E-state index contributed by atoms with van der Waals surface area (Å²) in [6.07, 6.45) is 2.97. The van der Waals surface area contributed by atoms with E-state index in [0.29, 0.717) is 6.42 Å². The molecule has 0 spiro atoms. The number of ether oxygens (including phenoxy) is 1. The minimum Gasteiger partial charge on any atom is -0.390 e. The van der Waals surface area contributed by atoms with Crippen molar-refractivity contribution < 1.29 is 19.1 Å². The van der Waals surface area contributed by atoms with Crippen LogP contribution in [-0.4, -0.2) is 35.5 Å². The molecule has 0 saturated heterocycles. The summed E-state index contributed by atoms with van der Waals surface area (Å²) >= 11 is 0. The van der Waals surface area contributed by atoms with Gasteiger partial charge in [0.15, 0.2) is 0 Å². The molecule has 0 radical (unpaired) electrons. The zero-order valence-corrected chi connectivity index (χ0v) is 12.8. The SMILES string of the molecule is CCC1CCCC1(N)C(=O)OC(=O)[C@H](C)NC(=O)[C@H](C)N. The van der Waals surface area contributed by atoms with Crippen LogP contribution in [0.2, 0.25) is 0 Å². The lowest BCUT2D eigenvalue weighted by Crippen LogP contribution is -2.54. The number of amides is 1. The number of nitrogens with one attached hydrogen (secondary N) is 1. The van der Waals surface area contributed by atoms with Crippen molar-refractivity contribution in [1.29, 1.82) is 0 Å². The molecule has 1 rings (SSSR count). The summed E-state index contributed by atoms with van der Waals surface area (Å²) in [4.78, 5) is 35.4. The van der Waals surface area contributed by atoms with Gasteiger partial charge in [-0.2, -0.15) is 0 Å². The molecule has 1 saturated carbocycles. The summed E-state index contributed by atoms with van der Waals surface area (Å²) < 4.78 is 4.85. The number of nitrogens with two attached hydrogens (primary N) is 2. The Labute approximate surface area is 124 Å². The van der Waals surface area contributed by atoms with Gasteiger partial charge in [0.25, 0.3) is 0 Å². The van der Waals surface area contributed by atoms with E-state index in [1.165, 1.54) is 13.8 Å². The number of carbonyl (C=O) groups excluding carboxylic acids is 3. The molecule has 2 unspecified atom stereocenters. The van der Waals surface area contributed by atoms with Crippen LogP contribution in [0.5, 0.6) is 0 Å². The minimum absolute atomic E-state index is 0.0201. The molecule has 120 valence electrons. The van der Waals surface area contributed by atoms with E-state index >= 15 is 0 Å². The first-order valence-electron chi connectivity index (χ1n) is 7.33. The van der Waals surface area contributed by atoms with E-state index < -0.39 is 35.5 Å². The molecule has 1 fully saturated rings. The van der Waals surface area contributed by atoms with Gasteiger partial charge in [0, 0.05) is 0 Å². The van der Waals surface area contributed by atoms with Crippen LogP contribution in [-0.2, 0) is 19.1 Å². The third-order valence-corrected chi connectivity index (χ3v) is 4.06. The zero-order valence-electron chi connectivity index (χ0n) is 12.8. The second-order valence-corrected chi connectivity index (χ2v) is 5.77. The highest BCUT2D eigenvalue weighted by Crippen LogP contribution is 2.36. The van der Waals surface area contributed by atoms with Crippen LogP contribution < -0.4 is 16.8 Å². The Kier molecular flexibility index (Phi) is 5.86. The molecule has 1 aliphatic rings. The lowest BCUT2D eigenvalue weighted by atomic mass is 9.86. The molecular weight excluding hydrogens is 274 g/mol. The summed E-state index contributed by atoms with van der Waals surface area (Å²) in [5, 5.41) is 2.38. The van der Waals surface area contributed by atoms with Crippen LogP contribution in [0.1, 0.15) is 46.5 Å². The Morgan fingerprint density at radius 3 is 2.52 bits per heavy atom. The van der Waals surface area contributed by atoms with E-state index in [1.807, 2.05) is 6.92 Å². The van der Waals surface area contributed by atoms with Gasteiger partial charge in [-0.15, -0.1) is 0 Å². The molecule has 0 aliphatic heterocycles. The first-order chi connectivity index (χ1) is 9.72. The summed E-state index contributed by atoms with van der Waals surface area (Å²) in [6, 6.07) is -1.69. The van der Waals surface area contributed by atoms with E-state index in [1.54, 1.807) is 0 Å². The van der Waals surface area contributed by atoms with Crippen molar-refractivity contribution >= 4 is 17.8 Å². The van der Waals surface area contributed by atoms with Crippen LogP contribution in [0.25, 0.3) is 0 Å². The van der Waals surface area contributed by atoms with Gasteiger partial charge in [0.2, 0.25) is 5.91 Å². The molecule has 4 atom stereocenters. The van der Waals surface area contributed by atoms with Crippen molar-refractivity contribution in [2.24, 2.45) is 17.4 Å². The molecule has 1 amide bonds. The maximum Gasteiger partial charge on any atom is 0.336 e. The second-order valence-electron chi connectivity index (χ2n) is 5.77. The first-order valence-corrected chi connectivity index (χ1v) is 7.33. The Morgan fingerprint density at radius 1 is 1.38 bits per heavy atom. The van der Waals surface area contributed by atoms with Gasteiger partial charge in [-0.25, -0.2) is 9.59 Å². The summed E-state index contributed by atoms with van der Waals surface area (Å²) in [6.45, 7) is 4.89. The third-order valence-electron chi connectivity index (χ3n) is 4.06. The van der Waals surface area contributed by atoms with Gasteiger partial charge >= 0.3 is 11.9 Å². The highest BCUT2D eigenvalue weighted by Gasteiger charge is 2.47. The van der Waals surface area contributed by atoms with Crippen molar-refractivity contribution in [3.63, 3.8) is 0 Å². The van der Waals surface area contributed by atoms with E-state index in [2.05, 4.69) is 5.32 Å². The van der Waals surface area contributed by atoms with E-state index in [-0.39, 0.29) is 5.92 Å². The van der Waals surface area contributed by atoms with Crippen LogP contribution >= 0.6 is 0 Å². The van der Waals surface area contributed by atoms with E-state index in [9.17, 15) is 14.4 Å². The molecule has 0 aromatic carbocycles. The molecule has 21 heavy (non-hydrogen) atoms. The second kappa shape index (κ2) is 7.00. The molecule has 7 nitrogen and oxygen atoms in total. The molecular formula is C14H25N3O4. The van der Waals surface area contributed by atoms with Crippen molar-refractivity contribution in [3.8, 4) is 0 Å². The summed E-state index contributed by atoms with van der Waals surface area (Å²) in [5.74, 6) is -1.99. The molecule has 0 bridgehead atoms. The Balaban J connectivity index is 2.61. The standard InChI is InChI=1S/C14H25N3O4/c1-4-10-6-5-7-14(10,16)13(20)21-12(19)9(3)17-11(18)8(2)15/h8-10H,4-7,15-16H2,1-3H3,(H,17,18)/t8-,9-,10?,14?/m0/s1. The van der Waals surface area contributed by atoms with Gasteiger partial charge in [-0.3, -0.25) is 4.79 Å². The Hall–Kier alpha value is -1.47. The molecule has 1 aliphatic carbocycles. The van der Waals surface area contributed by atoms with Gasteiger partial charge in [-0.05, 0) is 32.6 Å². The molecule has 7 heteroatoms. The van der Waals surface area contributed by atoms with Crippen molar-refractivity contribution in [2.45, 2.75) is 64.1 Å². The quantitative estimate of drug-likeness (QED) is 0.477. The summed E-state index contributed by atoms with van der Waals surface area (Å²) in [5.41, 5.74) is 10.4. The van der Waals surface area contributed by atoms with Gasteiger partial charge in [0.05, 0.1) is 6.04 Å². The lowest BCUT2D eigenvalue weighted by Gasteiger charge is -2.28. The van der Waals surface area contributed by atoms with Crippen LogP contribution in [0.4, 0.5) is 0 Å². The van der Waals surface area contributed by atoms with Gasteiger partial charge in [-0.1, -0.05) is 19.8 Å². The largest absolute Gasteiger partial charge is 0.390 e. The summed E-state index contributed by atoms with van der Waals surface area (Å²) in [7, 11) is 0.